The van der Waals surface area contributed by atoms with Crippen LogP contribution in [0.1, 0.15) is 49.1 Å². The first-order chi connectivity index (χ1) is 10.5. The molecule has 118 valence electrons. The molecular weight excluding hydrogens is 284 g/mol. The molecule has 5 heteroatoms. The minimum Gasteiger partial charge on any atom is -0.481 e. The van der Waals surface area contributed by atoms with Gasteiger partial charge in [0.2, 0.25) is 0 Å². The van der Waals surface area contributed by atoms with Crippen molar-refractivity contribution < 1.29 is 24.2 Å². The SMILES string of the molecule is COC(=O)C(c1ccc(C(C)C(=O)O)cc1)C1CCCC1=O. The van der Waals surface area contributed by atoms with Gasteiger partial charge in [-0.05, 0) is 30.9 Å². The number of carbonyl (C=O) groups excluding carboxylic acids is 2. The molecule has 0 spiro atoms. The minimum absolute atomic E-state index is 0.0957. The summed E-state index contributed by atoms with van der Waals surface area (Å²) in [6, 6.07) is 6.84. The number of methoxy groups -OCH3 is 1. The van der Waals surface area contributed by atoms with Crippen molar-refractivity contribution >= 4 is 17.7 Å². The second-order valence-electron chi connectivity index (χ2n) is 5.69. The Hall–Kier alpha value is -2.17. The lowest BCUT2D eigenvalue weighted by atomic mass is 9.83. The molecule has 2 rings (SSSR count). The average molecular weight is 304 g/mol. The number of Topliss-reactive ketones (excluding diaryl/α,β-unsaturated/α-hetero) is 1. The fraction of sp³-hybridized carbons (Fsp3) is 0.471. The molecule has 0 aromatic heterocycles. The van der Waals surface area contributed by atoms with E-state index in [4.69, 9.17) is 9.84 Å². The number of carboxylic acids is 1. The summed E-state index contributed by atoms with van der Waals surface area (Å²) in [5.41, 5.74) is 1.37. The average Bonchev–Trinajstić information content (AvgIpc) is 2.93. The van der Waals surface area contributed by atoms with Gasteiger partial charge in [-0.1, -0.05) is 24.3 Å². The Kier molecular flexibility index (Phi) is 4.96. The van der Waals surface area contributed by atoms with Gasteiger partial charge in [0, 0.05) is 12.3 Å². The molecule has 1 aliphatic carbocycles. The van der Waals surface area contributed by atoms with Crippen LogP contribution in [0, 0.1) is 5.92 Å². The molecule has 22 heavy (non-hydrogen) atoms. The largest absolute Gasteiger partial charge is 0.481 e. The first-order valence-electron chi connectivity index (χ1n) is 7.39. The third kappa shape index (κ3) is 3.18. The topological polar surface area (TPSA) is 80.7 Å². The van der Waals surface area contributed by atoms with Gasteiger partial charge in [-0.25, -0.2) is 0 Å². The number of ether oxygens (including phenoxy) is 1. The number of benzene rings is 1. The van der Waals surface area contributed by atoms with Crippen LogP contribution in [0.25, 0.3) is 0 Å². The standard InChI is InChI=1S/C17H20O5/c1-10(16(19)20)11-6-8-12(9-7-11)15(17(21)22-2)13-4-3-5-14(13)18/h6-10,13,15H,3-5H2,1-2H3,(H,19,20). The van der Waals surface area contributed by atoms with Crippen LogP contribution in [-0.2, 0) is 19.1 Å². The van der Waals surface area contributed by atoms with Crippen LogP contribution in [0.3, 0.4) is 0 Å². The van der Waals surface area contributed by atoms with Gasteiger partial charge < -0.3 is 9.84 Å². The van der Waals surface area contributed by atoms with Gasteiger partial charge in [0.15, 0.2) is 0 Å². The zero-order valence-electron chi connectivity index (χ0n) is 12.7. The smallest absolute Gasteiger partial charge is 0.313 e. The van der Waals surface area contributed by atoms with Gasteiger partial charge in [-0.3, -0.25) is 14.4 Å². The molecule has 0 heterocycles. The van der Waals surface area contributed by atoms with Crippen molar-refractivity contribution in [3.8, 4) is 0 Å². The van der Waals surface area contributed by atoms with E-state index < -0.39 is 23.8 Å². The Morgan fingerprint density at radius 2 is 1.82 bits per heavy atom. The highest BCUT2D eigenvalue weighted by Gasteiger charge is 2.38. The second kappa shape index (κ2) is 6.73. The van der Waals surface area contributed by atoms with Gasteiger partial charge in [0.1, 0.15) is 5.78 Å². The van der Waals surface area contributed by atoms with Crippen molar-refractivity contribution in [2.24, 2.45) is 5.92 Å². The van der Waals surface area contributed by atoms with Crippen LogP contribution in [0.15, 0.2) is 24.3 Å². The molecule has 0 bridgehead atoms. The predicted octanol–water partition coefficient (Wildman–Crippen LogP) is 2.50. The summed E-state index contributed by atoms with van der Waals surface area (Å²) in [6.45, 7) is 1.61. The molecule has 1 fully saturated rings. The number of carbonyl (C=O) groups is 3. The van der Waals surface area contributed by atoms with E-state index >= 15 is 0 Å². The fourth-order valence-corrected chi connectivity index (χ4v) is 2.99. The van der Waals surface area contributed by atoms with Crippen molar-refractivity contribution in [1.29, 1.82) is 0 Å². The fourth-order valence-electron chi connectivity index (χ4n) is 2.99. The van der Waals surface area contributed by atoms with Crippen LogP contribution in [-0.4, -0.2) is 29.9 Å². The maximum Gasteiger partial charge on any atom is 0.313 e. The molecule has 0 saturated heterocycles. The number of ketones is 1. The summed E-state index contributed by atoms with van der Waals surface area (Å²) in [4.78, 5) is 35.1. The molecule has 1 aromatic carbocycles. The Morgan fingerprint density at radius 3 is 2.27 bits per heavy atom. The Morgan fingerprint density at radius 1 is 1.23 bits per heavy atom. The summed E-state index contributed by atoms with van der Waals surface area (Å²) < 4.78 is 4.86. The van der Waals surface area contributed by atoms with Gasteiger partial charge in [-0.2, -0.15) is 0 Å². The highest BCUT2D eigenvalue weighted by Crippen LogP contribution is 2.36. The first kappa shape index (κ1) is 16.2. The maximum atomic E-state index is 12.1. The minimum atomic E-state index is -0.900. The highest BCUT2D eigenvalue weighted by atomic mass is 16.5. The molecule has 1 N–H and O–H groups in total. The van der Waals surface area contributed by atoms with E-state index in [0.29, 0.717) is 24.0 Å². The highest BCUT2D eigenvalue weighted by molar-refractivity contribution is 5.91. The van der Waals surface area contributed by atoms with Gasteiger partial charge in [-0.15, -0.1) is 0 Å². The molecule has 5 nitrogen and oxygen atoms in total. The maximum absolute atomic E-state index is 12.1. The number of esters is 1. The van der Waals surface area contributed by atoms with E-state index in [1.54, 1.807) is 31.2 Å². The zero-order valence-corrected chi connectivity index (χ0v) is 12.7. The number of hydrogen-bond acceptors (Lipinski definition) is 4. The predicted molar refractivity (Wildman–Crippen MR) is 79.6 cm³/mol. The van der Waals surface area contributed by atoms with E-state index in [2.05, 4.69) is 0 Å². The van der Waals surface area contributed by atoms with Crippen molar-refractivity contribution in [2.75, 3.05) is 7.11 Å². The molecule has 3 unspecified atom stereocenters. The van der Waals surface area contributed by atoms with E-state index in [-0.39, 0.29) is 11.7 Å². The first-order valence-corrected chi connectivity index (χ1v) is 7.39. The number of hydrogen-bond donors (Lipinski definition) is 1. The summed E-state index contributed by atoms with van der Waals surface area (Å²) >= 11 is 0. The molecule has 0 radical (unpaired) electrons. The third-order valence-corrected chi connectivity index (χ3v) is 4.38. The molecule has 1 saturated carbocycles. The lowest BCUT2D eigenvalue weighted by Crippen LogP contribution is -2.26. The normalized spacial score (nSPS) is 20.5. The van der Waals surface area contributed by atoms with Crippen LogP contribution in [0.2, 0.25) is 0 Å². The second-order valence-corrected chi connectivity index (χ2v) is 5.69. The van der Waals surface area contributed by atoms with Gasteiger partial charge >= 0.3 is 11.9 Å². The lowest BCUT2D eigenvalue weighted by Gasteiger charge is -2.21. The van der Waals surface area contributed by atoms with Crippen molar-refractivity contribution in [2.45, 2.75) is 38.0 Å². The molecule has 0 amide bonds. The number of aliphatic carboxylic acids is 1. The molecular formula is C17H20O5. The number of rotatable bonds is 5. The number of carboxylic acid groups (broad SMARTS) is 1. The zero-order chi connectivity index (χ0) is 16.3. The summed E-state index contributed by atoms with van der Waals surface area (Å²) in [7, 11) is 1.32. The van der Waals surface area contributed by atoms with E-state index in [1.807, 2.05) is 0 Å². The van der Waals surface area contributed by atoms with Crippen LogP contribution in [0.4, 0.5) is 0 Å². The van der Waals surface area contributed by atoms with Crippen LogP contribution < -0.4 is 0 Å². The molecule has 1 aliphatic rings. The Balaban J connectivity index is 2.30. The van der Waals surface area contributed by atoms with Crippen molar-refractivity contribution in [3.05, 3.63) is 35.4 Å². The van der Waals surface area contributed by atoms with Crippen LogP contribution in [0.5, 0.6) is 0 Å². The summed E-state index contributed by atoms with van der Waals surface area (Å²) in [5, 5.41) is 9.03. The third-order valence-electron chi connectivity index (χ3n) is 4.38. The van der Waals surface area contributed by atoms with Gasteiger partial charge in [0.25, 0.3) is 0 Å². The van der Waals surface area contributed by atoms with E-state index in [0.717, 1.165) is 6.42 Å². The lowest BCUT2D eigenvalue weighted by molar-refractivity contribution is -0.145. The summed E-state index contributed by atoms with van der Waals surface area (Å²) in [6.07, 6.45) is 1.99. The van der Waals surface area contributed by atoms with Crippen molar-refractivity contribution in [3.63, 3.8) is 0 Å². The van der Waals surface area contributed by atoms with E-state index in [1.165, 1.54) is 7.11 Å². The van der Waals surface area contributed by atoms with Crippen molar-refractivity contribution in [1.82, 2.24) is 0 Å². The molecule has 0 aliphatic heterocycles. The van der Waals surface area contributed by atoms with Gasteiger partial charge in [0.05, 0.1) is 18.9 Å². The quantitative estimate of drug-likeness (QED) is 0.845. The van der Waals surface area contributed by atoms with E-state index in [9.17, 15) is 14.4 Å². The van der Waals surface area contributed by atoms with Crippen LogP contribution >= 0.6 is 0 Å². The Bertz CT molecular complexity index is 575. The molecule has 1 aromatic rings. The Labute approximate surface area is 129 Å². The molecule has 3 atom stereocenters. The monoisotopic (exact) mass is 304 g/mol. The summed E-state index contributed by atoms with van der Waals surface area (Å²) in [5.74, 6) is -2.77.